The van der Waals surface area contributed by atoms with Crippen molar-refractivity contribution in [2.24, 2.45) is 0 Å². The summed E-state index contributed by atoms with van der Waals surface area (Å²) in [6, 6.07) is 7.71. The van der Waals surface area contributed by atoms with Gasteiger partial charge in [-0.3, -0.25) is 4.79 Å². The van der Waals surface area contributed by atoms with E-state index >= 15 is 0 Å². The lowest BCUT2D eigenvalue weighted by Gasteiger charge is -2.37. The number of nitrogens with one attached hydrogen (secondary N) is 1. The van der Waals surface area contributed by atoms with Crippen LogP contribution in [0.15, 0.2) is 36.9 Å². The third-order valence-corrected chi connectivity index (χ3v) is 4.22. The molecule has 2 N–H and O–H groups in total. The highest BCUT2D eigenvalue weighted by molar-refractivity contribution is 6.47. The second-order valence-corrected chi connectivity index (χ2v) is 7.25. The van der Waals surface area contributed by atoms with Crippen LogP contribution in [0.3, 0.4) is 0 Å². The lowest BCUT2D eigenvalue weighted by Crippen LogP contribution is -2.49. The molecule has 1 amide bonds. The van der Waals surface area contributed by atoms with E-state index in [4.69, 9.17) is 4.65 Å². The highest BCUT2D eigenvalue weighted by Crippen LogP contribution is 2.24. The van der Waals surface area contributed by atoms with E-state index in [0.29, 0.717) is 0 Å². The number of carbonyl (C=O) groups excluding carboxylic acids is 1. The van der Waals surface area contributed by atoms with Gasteiger partial charge in [0.1, 0.15) is 0 Å². The van der Waals surface area contributed by atoms with Crippen molar-refractivity contribution in [1.82, 2.24) is 5.32 Å². The highest BCUT2D eigenvalue weighted by atomic mass is 16.5. The van der Waals surface area contributed by atoms with Crippen LogP contribution in [0.2, 0.25) is 0 Å². The zero-order valence-corrected chi connectivity index (χ0v) is 14.9. The van der Waals surface area contributed by atoms with Crippen molar-refractivity contribution in [3.63, 3.8) is 0 Å². The van der Waals surface area contributed by atoms with Crippen LogP contribution in [0.1, 0.15) is 47.1 Å². The van der Waals surface area contributed by atoms with Crippen LogP contribution >= 0.6 is 0 Å². The molecule has 1 aromatic carbocycles. The monoisotopic (exact) mass is 316 g/mol. The van der Waals surface area contributed by atoms with E-state index < -0.39 is 16.7 Å². The number of rotatable bonds is 7. The van der Waals surface area contributed by atoms with E-state index in [2.05, 4.69) is 11.9 Å². The molecule has 0 heterocycles. The average Bonchev–Trinajstić information content (AvgIpc) is 2.44. The van der Waals surface area contributed by atoms with Crippen LogP contribution in [0, 0.1) is 0 Å². The minimum Gasteiger partial charge on any atom is -0.427 e. The Kier molecular flexibility index (Phi) is 5.83. The largest absolute Gasteiger partial charge is 0.427 e. The smallest absolute Gasteiger partial charge is 0.330 e. The molecular weight excluding hydrogens is 289 g/mol. The predicted octanol–water partition coefficient (Wildman–Crippen LogP) is 2.03. The molecule has 0 saturated carbocycles. The van der Waals surface area contributed by atoms with E-state index in [-0.39, 0.29) is 5.91 Å². The van der Waals surface area contributed by atoms with Gasteiger partial charge < -0.3 is 15.1 Å². The molecule has 0 bridgehead atoms. The lowest BCUT2D eigenvalue weighted by molar-refractivity contribution is -0.118. The molecule has 1 rings (SSSR count). The Labute approximate surface area is 140 Å². The Balaban J connectivity index is 2.78. The number of aliphatic hydroxyl groups is 1. The van der Waals surface area contributed by atoms with Gasteiger partial charge in [0.05, 0.1) is 16.7 Å². The molecule has 4 nitrogen and oxygen atoms in total. The fourth-order valence-electron chi connectivity index (χ4n) is 1.77. The summed E-state index contributed by atoms with van der Waals surface area (Å²) in [5.41, 5.74) is -0.288. The molecule has 1 aromatic rings. The van der Waals surface area contributed by atoms with Crippen molar-refractivity contribution in [2.45, 2.75) is 58.3 Å². The molecular formula is C18H27BNO3. The Morgan fingerprint density at radius 2 is 1.70 bits per heavy atom. The van der Waals surface area contributed by atoms with E-state index in [0.717, 1.165) is 11.0 Å². The summed E-state index contributed by atoms with van der Waals surface area (Å²) in [6.45, 7) is 14.4. The number of amides is 1. The molecule has 0 fully saturated rings. The topological polar surface area (TPSA) is 58.6 Å². The van der Waals surface area contributed by atoms with Gasteiger partial charge in [0.15, 0.2) is 0 Å². The van der Waals surface area contributed by atoms with Gasteiger partial charge in [-0.05, 0) is 53.2 Å². The normalized spacial score (nSPS) is 12.7. The Bertz CT molecular complexity index is 557. The van der Waals surface area contributed by atoms with Crippen molar-refractivity contribution < 1.29 is 14.6 Å². The van der Waals surface area contributed by atoms with Gasteiger partial charge in [-0.15, -0.1) is 0 Å². The fraction of sp³-hybridized carbons (Fsp3) is 0.500. The van der Waals surface area contributed by atoms with E-state index in [1.165, 1.54) is 6.08 Å². The molecule has 0 spiro atoms. The summed E-state index contributed by atoms with van der Waals surface area (Å²) in [5.74, 6) is -0.208. The Morgan fingerprint density at radius 1 is 1.17 bits per heavy atom. The molecule has 0 aliphatic rings. The molecule has 0 aliphatic carbocycles. The maximum atomic E-state index is 11.5. The van der Waals surface area contributed by atoms with Crippen LogP contribution in [0.4, 0.5) is 0 Å². The van der Waals surface area contributed by atoms with E-state index in [1.54, 1.807) is 21.3 Å². The standard InChI is InChI=1S/C18H27BNO3/c1-8-15(21)20-16(2,3)13-9-11-14(12-10-13)19-23-18(6,7)17(4,5)22/h8-12,22H,1H2,2-7H3,(H,20,21). The molecule has 1 radical (unpaired) electrons. The van der Waals surface area contributed by atoms with Crippen molar-refractivity contribution in [2.75, 3.05) is 0 Å². The van der Waals surface area contributed by atoms with Crippen LogP contribution in [0.5, 0.6) is 0 Å². The molecule has 0 aliphatic heterocycles. The fourth-order valence-corrected chi connectivity index (χ4v) is 1.77. The second-order valence-electron chi connectivity index (χ2n) is 7.25. The maximum Gasteiger partial charge on any atom is 0.330 e. The minimum atomic E-state index is -0.958. The molecule has 23 heavy (non-hydrogen) atoms. The SMILES string of the molecule is C=CC(=O)NC(C)(C)c1ccc([B]OC(C)(C)C(C)(C)O)cc1. The molecule has 125 valence electrons. The van der Waals surface area contributed by atoms with Crippen LogP contribution in [-0.2, 0) is 15.0 Å². The lowest BCUT2D eigenvalue weighted by atomic mass is 9.81. The van der Waals surface area contributed by atoms with Crippen LogP contribution < -0.4 is 10.8 Å². The molecule has 0 aromatic heterocycles. The second kappa shape index (κ2) is 6.89. The van der Waals surface area contributed by atoms with Gasteiger partial charge in [0, 0.05) is 0 Å². The first-order valence-electron chi connectivity index (χ1n) is 7.67. The van der Waals surface area contributed by atoms with Crippen molar-refractivity contribution >= 4 is 18.9 Å². The molecule has 0 unspecified atom stereocenters. The zero-order valence-electron chi connectivity index (χ0n) is 14.9. The molecule has 0 atom stereocenters. The van der Waals surface area contributed by atoms with Gasteiger partial charge in [-0.1, -0.05) is 36.3 Å². The maximum absolute atomic E-state index is 11.5. The molecule has 5 heteroatoms. The number of hydrogen-bond donors (Lipinski definition) is 2. The summed E-state index contributed by atoms with van der Waals surface area (Å²) < 4.78 is 5.73. The number of carbonyl (C=O) groups is 1. The van der Waals surface area contributed by atoms with Crippen molar-refractivity contribution in [1.29, 1.82) is 0 Å². The van der Waals surface area contributed by atoms with Gasteiger partial charge in [0.25, 0.3) is 0 Å². The Morgan fingerprint density at radius 3 is 2.13 bits per heavy atom. The van der Waals surface area contributed by atoms with Crippen molar-refractivity contribution in [3.05, 3.63) is 42.5 Å². The van der Waals surface area contributed by atoms with E-state index in [1.807, 2.05) is 52.0 Å². The number of benzene rings is 1. The average molecular weight is 316 g/mol. The van der Waals surface area contributed by atoms with Crippen molar-refractivity contribution in [3.8, 4) is 0 Å². The summed E-state index contributed by atoms with van der Waals surface area (Å²) in [7, 11) is 1.64. The van der Waals surface area contributed by atoms with Crippen LogP contribution in [-0.4, -0.2) is 29.7 Å². The summed E-state index contributed by atoms with van der Waals surface area (Å²) >= 11 is 0. The third kappa shape index (κ3) is 5.22. The van der Waals surface area contributed by atoms with E-state index in [9.17, 15) is 9.90 Å². The van der Waals surface area contributed by atoms with Crippen LogP contribution in [0.25, 0.3) is 0 Å². The summed E-state index contributed by atoms with van der Waals surface area (Å²) in [4.78, 5) is 11.5. The predicted molar refractivity (Wildman–Crippen MR) is 94.7 cm³/mol. The van der Waals surface area contributed by atoms with Gasteiger partial charge in [-0.2, -0.15) is 0 Å². The minimum absolute atomic E-state index is 0.208. The zero-order chi connectivity index (χ0) is 17.9. The van der Waals surface area contributed by atoms with Gasteiger partial charge in [-0.25, -0.2) is 0 Å². The number of hydrogen-bond acceptors (Lipinski definition) is 3. The first-order valence-corrected chi connectivity index (χ1v) is 7.67. The van der Waals surface area contributed by atoms with Gasteiger partial charge >= 0.3 is 7.48 Å². The first-order chi connectivity index (χ1) is 10.4. The Hall–Kier alpha value is -1.59. The summed E-state index contributed by atoms with van der Waals surface area (Å²) in [6.07, 6.45) is 1.26. The quantitative estimate of drug-likeness (QED) is 0.598. The summed E-state index contributed by atoms with van der Waals surface area (Å²) in [5, 5.41) is 13.0. The third-order valence-electron chi connectivity index (χ3n) is 4.22. The first kappa shape index (κ1) is 19.5. The van der Waals surface area contributed by atoms with Gasteiger partial charge in [0.2, 0.25) is 5.91 Å². The molecule has 0 saturated heterocycles. The highest BCUT2D eigenvalue weighted by Gasteiger charge is 2.35.